The van der Waals surface area contributed by atoms with Gasteiger partial charge >= 0.3 is 0 Å². The summed E-state index contributed by atoms with van der Waals surface area (Å²) < 4.78 is 10.8. The van der Waals surface area contributed by atoms with E-state index in [4.69, 9.17) is 15.0 Å². The van der Waals surface area contributed by atoms with Crippen LogP contribution in [0, 0.1) is 0 Å². The molecule has 2 heterocycles. The number of aromatic nitrogens is 2. The highest BCUT2D eigenvalue weighted by Gasteiger charge is 2.23. The Kier molecular flexibility index (Phi) is 7.14. The van der Waals surface area contributed by atoms with Crippen molar-refractivity contribution in [2.75, 3.05) is 32.8 Å². The van der Waals surface area contributed by atoms with Crippen molar-refractivity contribution in [1.29, 1.82) is 0 Å². The van der Waals surface area contributed by atoms with Gasteiger partial charge in [0.2, 0.25) is 11.8 Å². The molecule has 2 unspecified atom stereocenters. The summed E-state index contributed by atoms with van der Waals surface area (Å²) in [7, 11) is 0. The Hall–Kier alpha value is -1.51. The summed E-state index contributed by atoms with van der Waals surface area (Å²) in [4.78, 5) is 20.6. The molecule has 0 saturated carbocycles. The predicted molar refractivity (Wildman–Crippen MR) is 89.1 cm³/mol. The molecular weight excluding hydrogens is 310 g/mol. The van der Waals surface area contributed by atoms with Gasteiger partial charge in [-0.15, -0.1) is 0 Å². The van der Waals surface area contributed by atoms with Crippen molar-refractivity contribution in [2.24, 2.45) is 5.73 Å². The third-order valence-corrected chi connectivity index (χ3v) is 4.16. The summed E-state index contributed by atoms with van der Waals surface area (Å²) in [6.07, 6.45) is 1.11. The number of amides is 1. The molecule has 1 aromatic rings. The molecule has 0 bridgehead atoms. The van der Waals surface area contributed by atoms with Crippen LogP contribution < -0.4 is 5.73 Å². The maximum atomic E-state index is 12.1. The van der Waals surface area contributed by atoms with Crippen LogP contribution in [0.25, 0.3) is 0 Å². The Morgan fingerprint density at radius 1 is 1.33 bits per heavy atom. The molecule has 136 valence electrons. The highest BCUT2D eigenvalue weighted by atomic mass is 16.5. The molecule has 24 heavy (non-hydrogen) atoms. The molecule has 0 aromatic carbocycles. The zero-order chi connectivity index (χ0) is 17.5. The van der Waals surface area contributed by atoms with Crippen LogP contribution in [0.4, 0.5) is 0 Å². The average molecular weight is 339 g/mol. The highest BCUT2D eigenvalue weighted by molar-refractivity contribution is 5.76. The number of carbonyl (C=O) groups is 1. The molecule has 1 fully saturated rings. The molecule has 2 atom stereocenters. The highest BCUT2D eigenvalue weighted by Crippen LogP contribution is 2.14. The Morgan fingerprint density at radius 3 is 2.67 bits per heavy atom. The number of hydrogen-bond acceptors (Lipinski definition) is 7. The van der Waals surface area contributed by atoms with Gasteiger partial charge in [0.25, 0.3) is 0 Å². The third-order valence-electron chi connectivity index (χ3n) is 4.16. The third kappa shape index (κ3) is 5.54. The van der Waals surface area contributed by atoms with Crippen LogP contribution in [-0.4, -0.2) is 64.7 Å². The fourth-order valence-corrected chi connectivity index (χ4v) is 2.68. The fourth-order valence-electron chi connectivity index (χ4n) is 2.68. The lowest BCUT2D eigenvalue weighted by atomic mass is 10.1. The standard InChI is InChI=1S/C16H29N5O3/c1-4-23-13(3)16-18-14(24-19-16)11-20-7-9-21(10-8-20)15(22)6-5-12(2)17/h12-13H,4-11,17H2,1-3H3. The van der Waals surface area contributed by atoms with Crippen molar-refractivity contribution in [3.05, 3.63) is 11.7 Å². The zero-order valence-electron chi connectivity index (χ0n) is 14.9. The summed E-state index contributed by atoms with van der Waals surface area (Å²) >= 11 is 0. The number of ether oxygens (including phenoxy) is 1. The van der Waals surface area contributed by atoms with E-state index in [1.165, 1.54) is 0 Å². The van der Waals surface area contributed by atoms with E-state index < -0.39 is 0 Å². The van der Waals surface area contributed by atoms with Crippen LogP contribution in [0.3, 0.4) is 0 Å². The summed E-state index contributed by atoms with van der Waals surface area (Å²) in [6.45, 7) is 10.1. The van der Waals surface area contributed by atoms with E-state index in [2.05, 4.69) is 15.0 Å². The SMILES string of the molecule is CCOC(C)c1noc(CN2CCN(C(=O)CCC(C)N)CC2)n1. The first-order chi connectivity index (χ1) is 11.5. The molecule has 8 nitrogen and oxygen atoms in total. The zero-order valence-corrected chi connectivity index (χ0v) is 14.9. The lowest BCUT2D eigenvalue weighted by Crippen LogP contribution is -2.48. The summed E-state index contributed by atoms with van der Waals surface area (Å²) in [5, 5.41) is 3.97. The van der Waals surface area contributed by atoms with Crippen molar-refractivity contribution in [1.82, 2.24) is 19.9 Å². The molecule has 2 rings (SSSR count). The maximum Gasteiger partial charge on any atom is 0.240 e. The first-order valence-electron chi connectivity index (χ1n) is 8.69. The second-order valence-electron chi connectivity index (χ2n) is 6.32. The quantitative estimate of drug-likeness (QED) is 0.752. The van der Waals surface area contributed by atoms with E-state index in [0.29, 0.717) is 31.3 Å². The minimum absolute atomic E-state index is 0.0704. The first-order valence-corrected chi connectivity index (χ1v) is 8.69. The number of carbonyl (C=O) groups excluding carboxylic acids is 1. The monoisotopic (exact) mass is 339 g/mol. The average Bonchev–Trinajstić information content (AvgIpc) is 3.02. The fraction of sp³-hybridized carbons (Fsp3) is 0.812. The number of nitrogens with zero attached hydrogens (tertiary/aromatic N) is 4. The van der Waals surface area contributed by atoms with Gasteiger partial charge in [0, 0.05) is 45.2 Å². The molecular formula is C16H29N5O3. The van der Waals surface area contributed by atoms with E-state index in [1.807, 2.05) is 25.7 Å². The van der Waals surface area contributed by atoms with Gasteiger partial charge in [0.1, 0.15) is 6.10 Å². The number of piperazine rings is 1. The molecule has 0 radical (unpaired) electrons. The van der Waals surface area contributed by atoms with Crippen molar-refractivity contribution in [3.63, 3.8) is 0 Å². The second-order valence-corrected chi connectivity index (χ2v) is 6.32. The minimum Gasteiger partial charge on any atom is -0.371 e. The van der Waals surface area contributed by atoms with Crippen LogP contribution in [-0.2, 0) is 16.1 Å². The molecule has 2 N–H and O–H groups in total. The molecule has 0 spiro atoms. The number of nitrogens with two attached hydrogens (primary N) is 1. The van der Waals surface area contributed by atoms with Crippen LogP contribution in [0.1, 0.15) is 51.4 Å². The van der Waals surface area contributed by atoms with Gasteiger partial charge in [0.05, 0.1) is 6.54 Å². The largest absolute Gasteiger partial charge is 0.371 e. The maximum absolute atomic E-state index is 12.1. The van der Waals surface area contributed by atoms with Gasteiger partial charge in [-0.3, -0.25) is 9.69 Å². The molecule has 0 aliphatic carbocycles. The molecule has 1 amide bonds. The van der Waals surface area contributed by atoms with Gasteiger partial charge in [0.15, 0.2) is 5.82 Å². The van der Waals surface area contributed by atoms with Gasteiger partial charge in [-0.1, -0.05) is 5.16 Å². The Morgan fingerprint density at radius 2 is 2.04 bits per heavy atom. The van der Waals surface area contributed by atoms with Crippen LogP contribution in [0.2, 0.25) is 0 Å². The lowest BCUT2D eigenvalue weighted by Gasteiger charge is -2.34. The normalized spacial score (nSPS) is 18.6. The van der Waals surface area contributed by atoms with Gasteiger partial charge in [-0.2, -0.15) is 4.98 Å². The van der Waals surface area contributed by atoms with Crippen LogP contribution >= 0.6 is 0 Å². The molecule has 1 saturated heterocycles. The van der Waals surface area contributed by atoms with Crippen molar-refractivity contribution < 1.29 is 14.1 Å². The summed E-state index contributed by atoms with van der Waals surface area (Å²) in [5.41, 5.74) is 5.71. The van der Waals surface area contributed by atoms with E-state index in [-0.39, 0.29) is 18.1 Å². The Balaban J connectivity index is 1.76. The van der Waals surface area contributed by atoms with Gasteiger partial charge < -0.3 is 19.9 Å². The lowest BCUT2D eigenvalue weighted by molar-refractivity contribution is -0.133. The van der Waals surface area contributed by atoms with Crippen molar-refractivity contribution >= 4 is 5.91 Å². The number of hydrogen-bond donors (Lipinski definition) is 1. The van der Waals surface area contributed by atoms with Crippen LogP contribution in [0.5, 0.6) is 0 Å². The number of rotatable bonds is 8. The van der Waals surface area contributed by atoms with Crippen molar-refractivity contribution in [3.8, 4) is 0 Å². The Labute approximate surface area is 143 Å². The Bertz CT molecular complexity index is 512. The van der Waals surface area contributed by atoms with E-state index in [9.17, 15) is 4.79 Å². The van der Waals surface area contributed by atoms with E-state index in [0.717, 1.165) is 32.6 Å². The molecule has 1 aromatic heterocycles. The van der Waals surface area contributed by atoms with Crippen LogP contribution in [0.15, 0.2) is 4.52 Å². The minimum atomic E-state index is -0.160. The predicted octanol–water partition coefficient (Wildman–Crippen LogP) is 0.939. The molecule has 1 aliphatic rings. The second kappa shape index (κ2) is 9.10. The summed E-state index contributed by atoms with van der Waals surface area (Å²) in [5.74, 6) is 1.36. The van der Waals surface area contributed by atoms with Crippen molar-refractivity contribution in [2.45, 2.75) is 52.3 Å². The molecule has 8 heteroatoms. The van der Waals surface area contributed by atoms with Gasteiger partial charge in [-0.25, -0.2) is 0 Å². The smallest absolute Gasteiger partial charge is 0.240 e. The topological polar surface area (TPSA) is 97.7 Å². The first kappa shape index (κ1) is 18.8. The van der Waals surface area contributed by atoms with E-state index in [1.54, 1.807) is 0 Å². The van der Waals surface area contributed by atoms with E-state index >= 15 is 0 Å². The molecule has 1 aliphatic heterocycles. The summed E-state index contributed by atoms with van der Waals surface area (Å²) in [6, 6.07) is 0.0704. The van der Waals surface area contributed by atoms with Gasteiger partial charge in [-0.05, 0) is 27.2 Å².